The van der Waals surface area contributed by atoms with Gasteiger partial charge in [-0.3, -0.25) is 9.59 Å². The standard InChI is InChI=1S/C19H26N2O3/c1-13(22)21-10-9-14-7-5-6-8-15(14)16(21)11-18(24)20-12-17(23)19(2,3)4/h5-10,16-17,23H,11-12H2,1-4H3,(H,20,24). The molecule has 1 aliphatic rings. The summed E-state index contributed by atoms with van der Waals surface area (Å²) in [7, 11) is 0. The van der Waals surface area contributed by atoms with Crippen molar-refractivity contribution in [1.82, 2.24) is 10.2 Å². The van der Waals surface area contributed by atoms with Crippen LogP contribution in [0.1, 0.15) is 51.3 Å². The summed E-state index contributed by atoms with van der Waals surface area (Å²) < 4.78 is 0. The fraction of sp³-hybridized carbons (Fsp3) is 0.474. The zero-order valence-corrected chi connectivity index (χ0v) is 14.7. The van der Waals surface area contributed by atoms with Crippen LogP contribution in [0.15, 0.2) is 30.5 Å². The Morgan fingerprint density at radius 2 is 1.96 bits per heavy atom. The van der Waals surface area contributed by atoms with Crippen LogP contribution in [0.4, 0.5) is 0 Å². The molecule has 0 saturated heterocycles. The third kappa shape index (κ3) is 4.23. The van der Waals surface area contributed by atoms with Crippen LogP contribution < -0.4 is 5.32 Å². The van der Waals surface area contributed by atoms with E-state index in [1.807, 2.05) is 51.1 Å². The first-order valence-electron chi connectivity index (χ1n) is 8.21. The molecule has 2 rings (SSSR count). The molecule has 0 aromatic heterocycles. The highest BCUT2D eigenvalue weighted by Gasteiger charge is 2.29. The van der Waals surface area contributed by atoms with Gasteiger partial charge in [-0.2, -0.15) is 0 Å². The average molecular weight is 330 g/mol. The fourth-order valence-corrected chi connectivity index (χ4v) is 2.68. The summed E-state index contributed by atoms with van der Waals surface area (Å²) in [5.41, 5.74) is 1.68. The number of nitrogens with zero attached hydrogens (tertiary/aromatic N) is 1. The lowest BCUT2D eigenvalue weighted by Crippen LogP contribution is -2.41. The molecule has 1 heterocycles. The van der Waals surface area contributed by atoms with E-state index in [4.69, 9.17) is 0 Å². The molecule has 1 aromatic rings. The van der Waals surface area contributed by atoms with Gasteiger partial charge in [-0.05, 0) is 22.6 Å². The van der Waals surface area contributed by atoms with Gasteiger partial charge in [0, 0.05) is 19.7 Å². The van der Waals surface area contributed by atoms with Gasteiger partial charge in [0.15, 0.2) is 0 Å². The molecular formula is C19H26N2O3. The van der Waals surface area contributed by atoms with Crippen molar-refractivity contribution < 1.29 is 14.7 Å². The van der Waals surface area contributed by atoms with Crippen molar-refractivity contribution in [3.63, 3.8) is 0 Å². The zero-order valence-electron chi connectivity index (χ0n) is 14.7. The number of hydrogen-bond acceptors (Lipinski definition) is 3. The number of hydrogen-bond donors (Lipinski definition) is 2. The van der Waals surface area contributed by atoms with Gasteiger partial charge in [-0.1, -0.05) is 45.0 Å². The molecular weight excluding hydrogens is 304 g/mol. The maximum atomic E-state index is 12.3. The molecule has 24 heavy (non-hydrogen) atoms. The van der Waals surface area contributed by atoms with Crippen LogP contribution in [0.5, 0.6) is 0 Å². The summed E-state index contributed by atoms with van der Waals surface area (Å²) in [6.45, 7) is 7.45. The van der Waals surface area contributed by atoms with Gasteiger partial charge in [0.05, 0.1) is 18.6 Å². The third-order valence-corrected chi connectivity index (χ3v) is 4.34. The summed E-state index contributed by atoms with van der Waals surface area (Å²) in [4.78, 5) is 25.8. The lowest BCUT2D eigenvalue weighted by molar-refractivity contribution is -0.130. The number of carbonyl (C=O) groups excluding carboxylic acids is 2. The Bertz CT molecular complexity index is 646. The Kier molecular flexibility index (Phi) is 5.44. The molecule has 2 atom stereocenters. The lowest BCUT2D eigenvalue weighted by atomic mass is 9.89. The third-order valence-electron chi connectivity index (χ3n) is 4.34. The van der Waals surface area contributed by atoms with E-state index in [0.717, 1.165) is 11.1 Å². The zero-order chi connectivity index (χ0) is 17.9. The molecule has 1 aromatic carbocycles. The van der Waals surface area contributed by atoms with Gasteiger partial charge in [-0.15, -0.1) is 0 Å². The Morgan fingerprint density at radius 3 is 2.58 bits per heavy atom. The minimum atomic E-state index is -0.621. The van der Waals surface area contributed by atoms with E-state index in [1.165, 1.54) is 6.92 Å². The minimum Gasteiger partial charge on any atom is -0.391 e. The molecule has 2 amide bonds. The number of aliphatic hydroxyl groups excluding tert-OH is 1. The molecule has 1 aliphatic heterocycles. The van der Waals surface area contributed by atoms with Gasteiger partial charge < -0.3 is 15.3 Å². The first kappa shape index (κ1) is 18.2. The molecule has 2 unspecified atom stereocenters. The van der Waals surface area contributed by atoms with Crippen LogP contribution >= 0.6 is 0 Å². The fourth-order valence-electron chi connectivity index (χ4n) is 2.68. The van der Waals surface area contributed by atoms with Crippen LogP contribution in [0.25, 0.3) is 6.08 Å². The topological polar surface area (TPSA) is 69.6 Å². The summed E-state index contributed by atoms with van der Waals surface area (Å²) in [5, 5.41) is 12.8. The van der Waals surface area contributed by atoms with Gasteiger partial charge in [-0.25, -0.2) is 0 Å². The number of fused-ring (bicyclic) bond motifs is 1. The van der Waals surface area contributed by atoms with E-state index in [0.29, 0.717) is 0 Å². The molecule has 5 heteroatoms. The number of nitrogens with one attached hydrogen (secondary N) is 1. The molecule has 5 nitrogen and oxygen atoms in total. The van der Waals surface area contributed by atoms with Gasteiger partial charge in [0.1, 0.15) is 0 Å². The predicted octanol–water partition coefficient (Wildman–Crippen LogP) is 2.47. The Hall–Kier alpha value is -2.14. The van der Waals surface area contributed by atoms with Crippen molar-refractivity contribution in [3.05, 3.63) is 41.6 Å². The van der Waals surface area contributed by atoms with Gasteiger partial charge in [0.2, 0.25) is 11.8 Å². The lowest BCUT2D eigenvalue weighted by Gasteiger charge is -2.32. The maximum Gasteiger partial charge on any atom is 0.223 e. The van der Waals surface area contributed by atoms with Crippen molar-refractivity contribution in [2.24, 2.45) is 5.41 Å². The molecule has 0 bridgehead atoms. The highest BCUT2D eigenvalue weighted by molar-refractivity contribution is 5.81. The molecule has 2 N–H and O–H groups in total. The number of aliphatic hydroxyl groups is 1. The Labute approximate surface area is 143 Å². The second kappa shape index (κ2) is 7.18. The Morgan fingerprint density at radius 1 is 1.29 bits per heavy atom. The highest BCUT2D eigenvalue weighted by Crippen LogP contribution is 2.32. The number of carbonyl (C=O) groups is 2. The highest BCUT2D eigenvalue weighted by atomic mass is 16.3. The first-order valence-corrected chi connectivity index (χ1v) is 8.21. The molecule has 0 radical (unpaired) electrons. The smallest absolute Gasteiger partial charge is 0.223 e. The number of rotatable bonds is 4. The van der Waals surface area contributed by atoms with Crippen molar-refractivity contribution in [3.8, 4) is 0 Å². The van der Waals surface area contributed by atoms with Gasteiger partial charge >= 0.3 is 0 Å². The van der Waals surface area contributed by atoms with Gasteiger partial charge in [0.25, 0.3) is 0 Å². The van der Waals surface area contributed by atoms with Crippen LogP contribution in [-0.4, -0.2) is 34.5 Å². The number of benzene rings is 1. The SMILES string of the molecule is CC(=O)N1C=Cc2ccccc2C1CC(=O)NCC(O)C(C)(C)C. The minimum absolute atomic E-state index is 0.103. The number of amides is 2. The van der Waals surface area contributed by atoms with Crippen LogP contribution in [0, 0.1) is 5.41 Å². The van der Waals surface area contributed by atoms with E-state index in [-0.39, 0.29) is 36.2 Å². The van der Waals surface area contributed by atoms with Crippen LogP contribution in [0.2, 0.25) is 0 Å². The first-order chi connectivity index (χ1) is 11.2. The maximum absolute atomic E-state index is 12.3. The molecule has 0 saturated carbocycles. The van der Waals surface area contributed by atoms with Crippen molar-refractivity contribution in [1.29, 1.82) is 0 Å². The summed E-state index contributed by atoms with van der Waals surface area (Å²) >= 11 is 0. The second-order valence-electron chi connectivity index (χ2n) is 7.28. The predicted molar refractivity (Wildman–Crippen MR) is 93.8 cm³/mol. The average Bonchev–Trinajstić information content (AvgIpc) is 2.51. The molecule has 0 aliphatic carbocycles. The summed E-state index contributed by atoms with van der Waals surface area (Å²) in [5.74, 6) is -0.284. The van der Waals surface area contributed by atoms with E-state index in [9.17, 15) is 14.7 Å². The van der Waals surface area contributed by atoms with Crippen LogP contribution in [0.3, 0.4) is 0 Å². The van der Waals surface area contributed by atoms with E-state index in [1.54, 1.807) is 11.1 Å². The normalized spacial score (nSPS) is 18.0. The van der Waals surface area contributed by atoms with E-state index in [2.05, 4.69) is 5.32 Å². The monoisotopic (exact) mass is 330 g/mol. The second-order valence-corrected chi connectivity index (χ2v) is 7.28. The summed E-state index contributed by atoms with van der Waals surface area (Å²) in [6.07, 6.45) is 3.16. The quantitative estimate of drug-likeness (QED) is 0.891. The van der Waals surface area contributed by atoms with E-state index >= 15 is 0 Å². The van der Waals surface area contributed by atoms with E-state index < -0.39 is 6.10 Å². The summed E-state index contributed by atoms with van der Waals surface area (Å²) in [6, 6.07) is 7.43. The largest absolute Gasteiger partial charge is 0.391 e. The Balaban J connectivity index is 2.09. The molecule has 0 fully saturated rings. The van der Waals surface area contributed by atoms with Crippen molar-refractivity contribution in [2.75, 3.05) is 6.54 Å². The molecule has 130 valence electrons. The molecule has 0 spiro atoms. The van der Waals surface area contributed by atoms with Crippen molar-refractivity contribution in [2.45, 2.75) is 46.3 Å². The van der Waals surface area contributed by atoms with Crippen LogP contribution in [-0.2, 0) is 9.59 Å². The van der Waals surface area contributed by atoms with Crippen molar-refractivity contribution >= 4 is 17.9 Å².